The summed E-state index contributed by atoms with van der Waals surface area (Å²) in [5.74, 6) is 2.53. The van der Waals surface area contributed by atoms with Crippen LogP contribution in [0.1, 0.15) is 30.0 Å². The van der Waals surface area contributed by atoms with Crippen molar-refractivity contribution < 1.29 is 23.4 Å². The average Bonchev–Trinajstić information content (AvgIpc) is 3.25. The fourth-order valence-electron chi connectivity index (χ4n) is 2.43. The largest absolute Gasteiger partial charge is 0.494 e. The van der Waals surface area contributed by atoms with Crippen molar-refractivity contribution in [2.24, 2.45) is 0 Å². The van der Waals surface area contributed by atoms with Gasteiger partial charge in [0, 0.05) is 19.2 Å². The van der Waals surface area contributed by atoms with Gasteiger partial charge < -0.3 is 29.7 Å². The Balaban J connectivity index is 0.000000293. The molecule has 0 saturated carbocycles. The molecule has 7 nitrogen and oxygen atoms in total. The molecule has 0 amide bonds. The predicted octanol–water partition coefficient (Wildman–Crippen LogP) is 6.20. The van der Waals surface area contributed by atoms with Gasteiger partial charge in [-0.15, -0.1) is 0 Å². The molecule has 1 heterocycles. The maximum absolute atomic E-state index is 10.4. The van der Waals surface area contributed by atoms with Crippen molar-refractivity contribution in [3.05, 3.63) is 58.8 Å². The Hall–Kier alpha value is -3.32. The van der Waals surface area contributed by atoms with E-state index in [1.807, 2.05) is 40.0 Å². The number of carbonyl (C=O) groups is 1. The highest BCUT2D eigenvalue weighted by molar-refractivity contribution is 6.33. The molecule has 2 aromatic carbocycles. The zero-order valence-electron chi connectivity index (χ0n) is 18.6. The van der Waals surface area contributed by atoms with E-state index in [9.17, 15) is 4.79 Å². The Labute approximate surface area is 188 Å². The van der Waals surface area contributed by atoms with E-state index in [0.29, 0.717) is 22.7 Å². The minimum Gasteiger partial charge on any atom is -0.494 e. The maximum atomic E-state index is 10.4. The second-order valence-corrected chi connectivity index (χ2v) is 6.26. The normalized spacial score (nSPS) is 9.39. The van der Waals surface area contributed by atoms with Crippen LogP contribution in [0.5, 0.6) is 23.2 Å². The first-order chi connectivity index (χ1) is 14.9. The fraction of sp³-hybridized carbons (Fsp3) is 0.261. The summed E-state index contributed by atoms with van der Waals surface area (Å²) in [5.41, 5.74) is 8.03. The molecule has 31 heavy (non-hydrogen) atoms. The van der Waals surface area contributed by atoms with Crippen LogP contribution in [-0.4, -0.2) is 27.6 Å². The Morgan fingerprint density at radius 2 is 1.65 bits per heavy atom. The number of nitrogens with two attached hydrogens (primary N) is 1. The number of aldehydes is 1. The molecule has 3 aromatic rings. The highest BCUT2D eigenvalue weighted by atomic mass is 35.5. The molecule has 3 rings (SSSR count). The van der Waals surface area contributed by atoms with Gasteiger partial charge in [0.05, 0.1) is 24.9 Å². The molecule has 168 valence electrons. The Kier molecular flexibility index (Phi) is 10.8. The van der Waals surface area contributed by atoms with Crippen molar-refractivity contribution in [2.45, 2.75) is 20.8 Å². The van der Waals surface area contributed by atoms with Crippen LogP contribution in [0.25, 0.3) is 0 Å². The van der Waals surface area contributed by atoms with Crippen LogP contribution in [0, 0.1) is 6.92 Å². The van der Waals surface area contributed by atoms with E-state index in [1.54, 1.807) is 38.5 Å². The van der Waals surface area contributed by atoms with Gasteiger partial charge in [-0.3, -0.25) is 4.79 Å². The lowest BCUT2D eigenvalue weighted by atomic mass is 10.2. The van der Waals surface area contributed by atoms with Crippen LogP contribution in [0.2, 0.25) is 5.02 Å². The van der Waals surface area contributed by atoms with Gasteiger partial charge in [0.1, 0.15) is 22.9 Å². The van der Waals surface area contributed by atoms with Crippen LogP contribution < -0.4 is 25.3 Å². The average molecular weight is 449 g/mol. The Morgan fingerprint density at radius 3 is 2.10 bits per heavy atom. The molecule has 0 atom stereocenters. The lowest BCUT2D eigenvalue weighted by Gasteiger charge is -2.13. The quantitative estimate of drug-likeness (QED) is 0.342. The van der Waals surface area contributed by atoms with Gasteiger partial charge in [0.25, 0.3) is 5.95 Å². The van der Waals surface area contributed by atoms with E-state index >= 15 is 0 Å². The number of methoxy groups -OCH3 is 2. The number of halogens is 1. The van der Waals surface area contributed by atoms with Crippen LogP contribution in [-0.2, 0) is 0 Å². The van der Waals surface area contributed by atoms with Crippen molar-refractivity contribution >= 4 is 29.3 Å². The molecule has 0 aliphatic rings. The zero-order valence-corrected chi connectivity index (χ0v) is 19.4. The topological polar surface area (TPSA) is 96.0 Å². The van der Waals surface area contributed by atoms with E-state index in [2.05, 4.69) is 5.32 Å². The Morgan fingerprint density at radius 1 is 1.03 bits per heavy atom. The van der Waals surface area contributed by atoms with Crippen LogP contribution >= 0.6 is 11.6 Å². The molecule has 0 aliphatic carbocycles. The number of carbonyl (C=O) groups excluding carboxylic acids is 1. The number of aryl methyl sites for hydroxylation is 1. The van der Waals surface area contributed by atoms with Crippen molar-refractivity contribution in [3.63, 3.8) is 0 Å². The second-order valence-electron chi connectivity index (χ2n) is 5.85. The van der Waals surface area contributed by atoms with E-state index < -0.39 is 0 Å². The van der Waals surface area contributed by atoms with Crippen molar-refractivity contribution in [3.8, 4) is 23.2 Å². The third kappa shape index (κ3) is 7.46. The first-order valence-electron chi connectivity index (χ1n) is 9.60. The molecular formula is C23H29ClN2O5. The first kappa shape index (κ1) is 25.7. The number of anilines is 2. The third-order valence-electron chi connectivity index (χ3n) is 3.81. The molecule has 0 saturated heterocycles. The predicted molar refractivity (Wildman–Crippen MR) is 125 cm³/mol. The second kappa shape index (κ2) is 13.1. The van der Waals surface area contributed by atoms with Crippen molar-refractivity contribution in [1.82, 2.24) is 0 Å². The minimum absolute atomic E-state index is 0.205. The highest BCUT2D eigenvalue weighted by Gasteiger charge is 2.08. The number of rotatable bonds is 6. The fourth-order valence-corrected chi connectivity index (χ4v) is 2.60. The van der Waals surface area contributed by atoms with Gasteiger partial charge in [-0.1, -0.05) is 25.4 Å². The number of hydrogen-bond acceptors (Lipinski definition) is 7. The number of nitrogens with one attached hydrogen (secondary N) is 1. The standard InChI is InChI=1S/C11H8ClNO3.C10H15NO2.C2H6/c12-9-5-7(1-3-10(9)13)15-11-4-2-8(6-14)16-11;1-7-5-8(12-3)10(11-2)9(6-7)13-4;1-2/h1-6H,13H2;5-6,11H,1-4H3;1-2H3. The molecule has 0 aliphatic heterocycles. The number of benzene rings is 2. The first-order valence-corrected chi connectivity index (χ1v) is 9.97. The van der Waals surface area contributed by atoms with Crippen molar-refractivity contribution in [2.75, 3.05) is 32.3 Å². The zero-order chi connectivity index (χ0) is 23.4. The molecular weight excluding hydrogens is 420 g/mol. The lowest BCUT2D eigenvalue weighted by molar-refractivity contribution is 0.109. The van der Waals surface area contributed by atoms with Gasteiger partial charge >= 0.3 is 0 Å². The van der Waals surface area contributed by atoms with Crippen LogP contribution in [0.4, 0.5) is 11.4 Å². The smallest absolute Gasteiger partial charge is 0.290 e. The summed E-state index contributed by atoms with van der Waals surface area (Å²) in [4.78, 5) is 10.4. The molecule has 1 aromatic heterocycles. The maximum Gasteiger partial charge on any atom is 0.290 e. The summed E-state index contributed by atoms with van der Waals surface area (Å²) in [5, 5.41) is 3.45. The summed E-state index contributed by atoms with van der Waals surface area (Å²) in [6.07, 6.45) is 0.600. The van der Waals surface area contributed by atoms with Crippen molar-refractivity contribution in [1.29, 1.82) is 0 Å². The summed E-state index contributed by atoms with van der Waals surface area (Å²) in [7, 11) is 5.14. The molecule has 0 spiro atoms. The SMILES string of the molecule is CC.CNc1c(OC)cc(C)cc1OC.Nc1ccc(Oc2ccc(C=O)o2)cc1Cl. The highest BCUT2D eigenvalue weighted by Crippen LogP contribution is 2.35. The number of nitrogen functional groups attached to an aromatic ring is 1. The summed E-state index contributed by atoms with van der Waals surface area (Å²) in [6.45, 7) is 6.00. The molecule has 8 heteroatoms. The van der Waals surface area contributed by atoms with E-state index in [0.717, 1.165) is 22.7 Å². The van der Waals surface area contributed by atoms with Crippen LogP contribution in [0.3, 0.4) is 0 Å². The molecule has 3 N–H and O–H groups in total. The van der Waals surface area contributed by atoms with E-state index in [-0.39, 0.29) is 11.7 Å². The lowest BCUT2D eigenvalue weighted by Crippen LogP contribution is -1.98. The van der Waals surface area contributed by atoms with E-state index in [1.165, 1.54) is 6.07 Å². The third-order valence-corrected chi connectivity index (χ3v) is 4.14. The Bertz CT molecular complexity index is 947. The molecule has 0 unspecified atom stereocenters. The number of ether oxygens (including phenoxy) is 3. The molecule has 0 fully saturated rings. The van der Waals surface area contributed by atoms with Gasteiger partial charge in [0.2, 0.25) is 0 Å². The molecule has 0 radical (unpaired) electrons. The summed E-state index contributed by atoms with van der Waals surface area (Å²) in [6, 6.07) is 11.9. The summed E-state index contributed by atoms with van der Waals surface area (Å²) >= 11 is 5.82. The van der Waals surface area contributed by atoms with Gasteiger partial charge in [-0.2, -0.15) is 0 Å². The minimum atomic E-state index is 0.205. The van der Waals surface area contributed by atoms with Gasteiger partial charge in [-0.25, -0.2) is 0 Å². The van der Waals surface area contributed by atoms with Crippen LogP contribution in [0.15, 0.2) is 46.9 Å². The number of hydrogen-bond donors (Lipinski definition) is 2. The monoisotopic (exact) mass is 448 g/mol. The van der Waals surface area contributed by atoms with Gasteiger partial charge in [-0.05, 0) is 42.8 Å². The molecule has 0 bridgehead atoms. The van der Waals surface area contributed by atoms with E-state index in [4.69, 9.17) is 36.0 Å². The number of furan rings is 1. The summed E-state index contributed by atoms with van der Waals surface area (Å²) < 4.78 is 20.8. The van der Waals surface area contributed by atoms with Gasteiger partial charge in [0.15, 0.2) is 12.0 Å².